The molecule has 84 valence electrons. The second-order valence-electron chi connectivity index (χ2n) is 3.95. The number of aldehydes is 2. The van der Waals surface area contributed by atoms with Crippen LogP contribution in [0.15, 0.2) is 42.5 Å². The summed E-state index contributed by atoms with van der Waals surface area (Å²) in [6, 6.07) is 12.9. The second-order valence-corrected chi connectivity index (χ2v) is 3.95. The monoisotopic (exact) mass is 224 g/mol. The van der Waals surface area contributed by atoms with Crippen LogP contribution < -0.4 is 0 Å². The molecular weight excluding hydrogens is 212 g/mol. The Morgan fingerprint density at radius 2 is 1.59 bits per heavy atom. The molecule has 2 aromatic carbocycles. The lowest BCUT2D eigenvalue weighted by atomic mass is 9.97. The maximum absolute atomic E-state index is 11.0. The zero-order valence-corrected chi connectivity index (χ0v) is 9.51. The van der Waals surface area contributed by atoms with Gasteiger partial charge in [0.2, 0.25) is 0 Å². The van der Waals surface area contributed by atoms with Gasteiger partial charge in [-0.1, -0.05) is 42.0 Å². The number of hydrogen-bond acceptors (Lipinski definition) is 2. The molecule has 0 spiro atoms. The zero-order chi connectivity index (χ0) is 12.3. The van der Waals surface area contributed by atoms with Gasteiger partial charge in [-0.25, -0.2) is 0 Å². The van der Waals surface area contributed by atoms with Crippen LogP contribution in [-0.2, 0) is 0 Å². The van der Waals surface area contributed by atoms with Crippen LogP contribution in [0.3, 0.4) is 0 Å². The van der Waals surface area contributed by atoms with Crippen LogP contribution in [0.2, 0.25) is 0 Å². The first-order valence-corrected chi connectivity index (χ1v) is 5.36. The van der Waals surface area contributed by atoms with Gasteiger partial charge < -0.3 is 0 Å². The first kappa shape index (κ1) is 11.3. The van der Waals surface area contributed by atoms with Crippen LogP contribution >= 0.6 is 0 Å². The van der Waals surface area contributed by atoms with Crippen LogP contribution in [0.1, 0.15) is 26.3 Å². The Hall–Kier alpha value is -2.22. The predicted octanol–water partition coefficient (Wildman–Crippen LogP) is 3.29. The van der Waals surface area contributed by atoms with Gasteiger partial charge in [0, 0.05) is 11.1 Å². The lowest BCUT2D eigenvalue weighted by Crippen LogP contribution is -1.90. The van der Waals surface area contributed by atoms with E-state index in [2.05, 4.69) is 0 Å². The molecule has 0 saturated heterocycles. The van der Waals surface area contributed by atoms with Gasteiger partial charge in [-0.05, 0) is 24.1 Å². The molecular formula is C15H12O2. The minimum absolute atomic E-state index is 0.575. The van der Waals surface area contributed by atoms with E-state index >= 15 is 0 Å². The van der Waals surface area contributed by atoms with Crippen LogP contribution in [0.25, 0.3) is 11.1 Å². The molecule has 0 amide bonds. The lowest BCUT2D eigenvalue weighted by molar-refractivity contribution is 0.111. The third-order valence-corrected chi connectivity index (χ3v) is 2.70. The molecule has 0 aliphatic carbocycles. The highest BCUT2D eigenvalue weighted by Crippen LogP contribution is 2.24. The fourth-order valence-corrected chi connectivity index (χ4v) is 1.73. The predicted molar refractivity (Wildman–Crippen MR) is 67.4 cm³/mol. The van der Waals surface area contributed by atoms with Gasteiger partial charge in [0.15, 0.2) is 6.29 Å². The minimum Gasteiger partial charge on any atom is -0.298 e. The molecule has 2 rings (SSSR count). The molecule has 0 saturated carbocycles. The molecule has 17 heavy (non-hydrogen) atoms. The largest absolute Gasteiger partial charge is 0.298 e. The highest BCUT2D eigenvalue weighted by atomic mass is 16.1. The van der Waals surface area contributed by atoms with Crippen molar-refractivity contribution in [2.45, 2.75) is 6.92 Å². The molecule has 0 aliphatic rings. The van der Waals surface area contributed by atoms with Crippen LogP contribution in [-0.4, -0.2) is 12.6 Å². The number of rotatable bonds is 3. The Morgan fingerprint density at radius 3 is 2.18 bits per heavy atom. The Kier molecular flexibility index (Phi) is 3.15. The standard InChI is InChI=1S/C15H12O2/c1-11-2-5-13(6-3-11)15-8-12(9-16)4-7-14(15)10-17/h2-10H,1H3. The van der Waals surface area contributed by atoms with Crippen LogP contribution in [0.4, 0.5) is 0 Å². The Labute approximate surface area is 99.9 Å². The van der Waals surface area contributed by atoms with Gasteiger partial charge >= 0.3 is 0 Å². The van der Waals surface area contributed by atoms with Gasteiger partial charge in [-0.15, -0.1) is 0 Å². The summed E-state index contributed by atoms with van der Waals surface area (Å²) >= 11 is 0. The van der Waals surface area contributed by atoms with E-state index in [1.807, 2.05) is 31.2 Å². The quantitative estimate of drug-likeness (QED) is 0.750. The molecule has 0 aromatic heterocycles. The van der Waals surface area contributed by atoms with Crippen molar-refractivity contribution >= 4 is 12.6 Å². The van der Waals surface area contributed by atoms with Crippen LogP contribution in [0.5, 0.6) is 0 Å². The van der Waals surface area contributed by atoms with E-state index in [1.165, 1.54) is 0 Å². The Bertz CT molecular complexity index is 554. The van der Waals surface area contributed by atoms with Gasteiger partial charge in [0.05, 0.1) is 0 Å². The van der Waals surface area contributed by atoms with Crippen molar-refractivity contribution in [2.75, 3.05) is 0 Å². The van der Waals surface area contributed by atoms with Crippen molar-refractivity contribution in [1.29, 1.82) is 0 Å². The van der Waals surface area contributed by atoms with Crippen molar-refractivity contribution in [3.63, 3.8) is 0 Å². The van der Waals surface area contributed by atoms with E-state index < -0.39 is 0 Å². The molecule has 2 aromatic rings. The van der Waals surface area contributed by atoms with E-state index in [0.29, 0.717) is 11.1 Å². The number of hydrogen-bond donors (Lipinski definition) is 0. The van der Waals surface area contributed by atoms with E-state index in [0.717, 1.165) is 29.3 Å². The normalized spacial score (nSPS) is 9.94. The van der Waals surface area contributed by atoms with Gasteiger partial charge in [0.1, 0.15) is 6.29 Å². The number of carbonyl (C=O) groups is 2. The minimum atomic E-state index is 0.575. The molecule has 2 heteroatoms. The van der Waals surface area contributed by atoms with Gasteiger partial charge in [0.25, 0.3) is 0 Å². The summed E-state index contributed by atoms with van der Waals surface area (Å²) in [5.74, 6) is 0. The Morgan fingerprint density at radius 1 is 0.882 bits per heavy atom. The third-order valence-electron chi connectivity index (χ3n) is 2.70. The van der Waals surface area contributed by atoms with Crippen molar-refractivity contribution in [2.24, 2.45) is 0 Å². The molecule has 2 nitrogen and oxygen atoms in total. The number of benzene rings is 2. The zero-order valence-electron chi connectivity index (χ0n) is 9.51. The fraction of sp³-hybridized carbons (Fsp3) is 0.0667. The second kappa shape index (κ2) is 4.74. The first-order chi connectivity index (χ1) is 8.24. The molecule has 0 N–H and O–H groups in total. The average molecular weight is 224 g/mol. The molecule has 0 unspecified atom stereocenters. The number of carbonyl (C=O) groups excluding carboxylic acids is 2. The van der Waals surface area contributed by atoms with E-state index in [4.69, 9.17) is 0 Å². The van der Waals surface area contributed by atoms with E-state index in [9.17, 15) is 9.59 Å². The smallest absolute Gasteiger partial charge is 0.150 e. The first-order valence-electron chi connectivity index (χ1n) is 5.36. The highest BCUT2D eigenvalue weighted by molar-refractivity contribution is 5.90. The van der Waals surface area contributed by atoms with Crippen molar-refractivity contribution < 1.29 is 9.59 Å². The molecule has 0 bridgehead atoms. The SMILES string of the molecule is Cc1ccc(-c2cc(C=O)ccc2C=O)cc1. The average Bonchev–Trinajstić information content (AvgIpc) is 2.39. The molecule has 0 atom stereocenters. The summed E-state index contributed by atoms with van der Waals surface area (Å²) in [5.41, 5.74) is 4.07. The molecule has 0 radical (unpaired) electrons. The summed E-state index contributed by atoms with van der Waals surface area (Å²) in [5, 5.41) is 0. The van der Waals surface area contributed by atoms with E-state index in [1.54, 1.807) is 18.2 Å². The molecule has 0 aliphatic heterocycles. The molecule has 0 fully saturated rings. The lowest BCUT2D eigenvalue weighted by Gasteiger charge is -2.06. The summed E-state index contributed by atoms with van der Waals surface area (Å²) in [6.07, 6.45) is 1.59. The Balaban J connectivity index is 2.59. The fourth-order valence-electron chi connectivity index (χ4n) is 1.73. The van der Waals surface area contributed by atoms with Crippen molar-refractivity contribution in [3.8, 4) is 11.1 Å². The summed E-state index contributed by atoms with van der Waals surface area (Å²) in [7, 11) is 0. The topological polar surface area (TPSA) is 34.1 Å². The summed E-state index contributed by atoms with van der Waals surface area (Å²) < 4.78 is 0. The van der Waals surface area contributed by atoms with Gasteiger partial charge in [-0.2, -0.15) is 0 Å². The van der Waals surface area contributed by atoms with Crippen molar-refractivity contribution in [3.05, 3.63) is 59.2 Å². The van der Waals surface area contributed by atoms with Gasteiger partial charge in [-0.3, -0.25) is 9.59 Å². The van der Waals surface area contributed by atoms with Crippen molar-refractivity contribution in [1.82, 2.24) is 0 Å². The van der Waals surface area contributed by atoms with Crippen LogP contribution in [0, 0.1) is 6.92 Å². The van der Waals surface area contributed by atoms with E-state index in [-0.39, 0.29) is 0 Å². The summed E-state index contributed by atoms with van der Waals surface area (Å²) in [4.78, 5) is 21.7. The summed E-state index contributed by atoms with van der Waals surface area (Å²) in [6.45, 7) is 2.01. The maximum Gasteiger partial charge on any atom is 0.150 e. The third kappa shape index (κ3) is 2.31. The molecule has 0 heterocycles. The highest BCUT2D eigenvalue weighted by Gasteiger charge is 2.05. The maximum atomic E-state index is 11.0. The number of aryl methyl sites for hydroxylation is 1.